The molecule has 0 saturated carbocycles. The maximum atomic E-state index is 14.1. The number of hydrogen-bond donors (Lipinski definition) is 2. The van der Waals surface area contributed by atoms with Crippen molar-refractivity contribution in [3.8, 4) is 5.75 Å². The van der Waals surface area contributed by atoms with Gasteiger partial charge in [0.25, 0.3) is 10.0 Å². The van der Waals surface area contributed by atoms with Crippen molar-refractivity contribution in [3.63, 3.8) is 0 Å². The topological polar surface area (TPSA) is 105 Å². The van der Waals surface area contributed by atoms with Crippen LogP contribution in [0.1, 0.15) is 32.3 Å². The highest BCUT2D eigenvalue weighted by molar-refractivity contribution is 7.92. The van der Waals surface area contributed by atoms with Crippen molar-refractivity contribution >= 4 is 27.5 Å². The van der Waals surface area contributed by atoms with E-state index in [4.69, 9.17) is 4.74 Å². The molecule has 1 atom stereocenters. The Morgan fingerprint density at radius 2 is 1.80 bits per heavy atom. The van der Waals surface area contributed by atoms with Gasteiger partial charge in [0.1, 0.15) is 17.7 Å². The van der Waals surface area contributed by atoms with Crippen LogP contribution in [0.15, 0.2) is 53.6 Å². The average Bonchev–Trinajstić information content (AvgIpc) is 2.80. The molecule has 0 radical (unpaired) electrons. The fraction of sp³-hybridized carbons (Fsp3) is 0.375. The number of amides is 1. The minimum absolute atomic E-state index is 0.0213. The van der Waals surface area contributed by atoms with Gasteiger partial charge in [0.05, 0.1) is 28.5 Å². The third-order valence-electron chi connectivity index (χ3n) is 5.71. The second-order valence-electron chi connectivity index (χ2n) is 9.26. The molecule has 220 valence electrons. The number of aliphatic hydroxyl groups is 1. The van der Waals surface area contributed by atoms with Crippen molar-refractivity contribution in [3.05, 3.63) is 60.1 Å². The quantitative estimate of drug-likeness (QED) is 0.276. The molecule has 8 nitrogen and oxygen atoms in total. The molecule has 2 N–H and O–H groups in total. The van der Waals surface area contributed by atoms with Crippen LogP contribution in [-0.4, -0.2) is 44.0 Å². The van der Waals surface area contributed by atoms with Crippen molar-refractivity contribution < 1.29 is 58.5 Å². The standard InChI is InChI=1S/C24H23F7N2O6S/c1-13(34)4-6-17-12-33(40(36,37)18-9-14(23(26,27)28)8-15(25)10-18)19-11-16(5-7-20(19)38-17)32-21(35)39-22(2,3)24(29,30)31/h5,7-11,17,34H,1,4,6,12H2,2-3H3,(H,32,35)/t17-/m0/s1. The third-order valence-corrected chi connectivity index (χ3v) is 7.47. The van der Waals surface area contributed by atoms with E-state index in [1.165, 1.54) is 0 Å². The Labute approximate surface area is 224 Å². The maximum absolute atomic E-state index is 14.1. The van der Waals surface area contributed by atoms with Gasteiger partial charge < -0.3 is 14.6 Å². The van der Waals surface area contributed by atoms with Crippen LogP contribution >= 0.6 is 0 Å². The average molecular weight is 601 g/mol. The van der Waals surface area contributed by atoms with Gasteiger partial charge in [-0.25, -0.2) is 17.6 Å². The van der Waals surface area contributed by atoms with Gasteiger partial charge in [-0.05, 0) is 56.7 Å². The van der Waals surface area contributed by atoms with Gasteiger partial charge in [-0.1, -0.05) is 6.58 Å². The molecule has 0 aliphatic carbocycles. The van der Waals surface area contributed by atoms with Crippen molar-refractivity contribution in [1.29, 1.82) is 0 Å². The minimum Gasteiger partial charge on any atom is -0.513 e. The number of ether oxygens (including phenoxy) is 2. The molecule has 2 aromatic rings. The molecule has 2 aromatic carbocycles. The Hall–Kier alpha value is -3.69. The Bertz CT molecular complexity index is 1410. The summed E-state index contributed by atoms with van der Waals surface area (Å²) in [5.41, 5.74) is -4.99. The first-order valence-corrected chi connectivity index (χ1v) is 12.8. The van der Waals surface area contributed by atoms with E-state index < -0.39 is 63.0 Å². The number of rotatable bonds is 7. The Balaban J connectivity index is 2.04. The van der Waals surface area contributed by atoms with Crippen LogP contribution in [0.25, 0.3) is 0 Å². The summed E-state index contributed by atoms with van der Waals surface area (Å²) in [7, 11) is -4.91. The van der Waals surface area contributed by atoms with Crippen LogP contribution in [0.3, 0.4) is 0 Å². The van der Waals surface area contributed by atoms with Gasteiger partial charge in [-0.3, -0.25) is 9.62 Å². The summed E-state index contributed by atoms with van der Waals surface area (Å²) in [4.78, 5) is 11.1. The summed E-state index contributed by atoms with van der Waals surface area (Å²) in [6.07, 6.45) is -12.5. The molecule has 0 aromatic heterocycles. The number of carbonyl (C=O) groups is 1. The summed E-state index contributed by atoms with van der Waals surface area (Å²) >= 11 is 0. The highest BCUT2D eigenvalue weighted by atomic mass is 32.2. The van der Waals surface area contributed by atoms with E-state index in [0.29, 0.717) is 24.2 Å². The lowest BCUT2D eigenvalue weighted by molar-refractivity contribution is -0.242. The molecule has 0 unspecified atom stereocenters. The number of alkyl halides is 6. The van der Waals surface area contributed by atoms with Crippen molar-refractivity contribution in [2.24, 2.45) is 0 Å². The molecule has 0 saturated heterocycles. The van der Waals surface area contributed by atoms with Crippen molar-refractivity contribution in [2.75, 3.05) is 16.2 Å². The SMILES string of the molecule is C=C(O)CC[C@H]1CN(S(=O)(=O)c2cc(F)cc(C(F)(F)F)c2)c2cc(NC(=O)OC(C)(C)C(F)(F)F)ccc2O1. The summed E-state index contributed by atoms with van der Waals surface area (Å²) < 4.78 is 131. The molecular weight excluding hydrogens is 577 g/mol. The number of nitrogens with one attached hydrogen (secondary N) is 1. The number of fused-ring (bicyclic) bond motifs is 1. The molecule has 0 bridgehead atoms. The molecular formula is C24H23F7N2O6S. The van der Waals surface area contributed by atoms with Gasteiger partial charge >= 0.3 is 18.4 Å². The lowest BCUT2D eigenvalue weighted by atomic mass is 10.1. The first-order valence-electron chi connectivity index (χ1n) is 11.4. The first kappa shape index (κ1) is 30.8. The first-order chi connectivity index (χ1) is 18.2. The monoisotopic (exact) mass is 600 g/mol. The second-order valence-corrected chi connectivity index (χ2v) is 11.1. The summed E-state index contributed by atoms with van der Waals surface area (Å²) in [6, 6.07) is 4.06. The van der Waals surface area contributed by atoms with Gasteiger partial charge in [0.15, 0.2) is 0 Å². The number of hydrogen-bond acceptors (Lipinski definition) is 6. The highest BCUT2D eigenvalue weighted by Gasteiger charge is 2.51. The van der Waals surface area contributed by atoms with Crippen LogP contribution in [-0.2, 0) is 20.9 Å². The van der Waals surface area contributed by atoms with Gasteiger partial charge in [-0.15, -0.1) is 0 Å². The fourth-order valence-electron chi connectivity index (χ4n) is 3.53. The number of nitrogens with zero attached hydrogens (tertiary/aromatic N) is 1. The predicted octanol–water partition coefficient (Wildman–Crippen LogP) is 6.54. The molecule has 1 aliphatic heterocycles. The van der Waals surface area contributed by atoms with Crippen LogP contribution in [0.5, 0.6) is 5.75 Å². The largest absolute Gasteiger partial charge is 0.513 e. The van der Waals surface area contributed by atoms with E-state index in [9.17, 15) is 49.1 Å². The van der Waals surface area contributed by atoms with Gasteiger partial charge in [0.2, 0.25) is 5.60 Å². The smallest absolute Gasteiger partial charge is 0.427 e. The number of carbonyl (C=O) groups excluding carboxylic acids is 1. The normalized spacial score (nSPS) is 16.1. The molecule has 0 fully saturated rings. The Morgan fingerprint density at radius 3 is 2.38 bits per heavy atom. The van der Waals surface area contributed by atoms with Crippen molar-refractivity contribution in [1.82, 2.24) is 0 Å². The van der Waals surface area contributed by atoms with Crippen LogP contribution < -0.4 is 14.4 Å². The zero-order valence-corrected chi connectivity index (χ0v) is 21.7. The second kappa shape index (κ2) is 10.7. The van der Waals surface area contributed by atoms with E-state index in [0.717, 1.165) is 18.2 Å². The lowest BCUT2D eigenvalue weighted by Crippen LogP contribution is -2.44. The van der Waals surface area contributed by atoms with E-state index >= 15 is 0 Å². The van der Waals surface area contributed by atoms with Gasteiger partial charge in [-0.2, -0.15) is 26.3 Å². The molecule has 40 heavy (non-hydrogen) atoms. The van der Waals surface area contributed by atoms with E-state index in [2.05, 4.69) is 11.3 Å². The summed E-state index contributed by atoms with van der Waals surface area (Å²) in [5, 5.41) is 11.4. The molecule has 0 spiro atoms. The zero-order valence-electron chi connectivity index (χ0n) is 20.9. The number of aliphatic hydroxyl groups excluding tert-OH is 1. The number of sulfonamides is 1. The molecule has 16 heteroatoms. The van der Waals surface area contributed by atoms with Crippen molar-refractivity contribution in [2.45, 2.75) is 55.6 Å². The van der Waals surface area contributed by atoms with Gasteiger partial charge in [0, 0.05) is 12.1 Å². The number of allylic oxidation sites excluding steroid dienone is 1. The van der Waals surface area contributed by atoms with E-state index in [-0.39, 0.29) is 47.9 Å². The Morgan fingerprint density at radius 1 is 1.15 bits per heavy atom. The summed E-state index contributed by atoms with van der Waals surface area (Å²) in [6.45, 7) is 4.02. The summed E-state index contributed by atoms with van der Waals surface area (Å²) in [5.74, 6) is -1.85. The Kier molecular flexibility index (Phi) is 8.26. The highest BCUT2D eigenvalue weighted by Crippen LogP contribution is 2.41. The number of benzene rings is 2. The fourth-order valence-corrected chi connectivity index (χ4v) is 5.09. The van der Waals surface area contributed by atoms with E-state index in [1.807, 2.05) is 5.32 Å². The molecule has 3 rings (SSSR count). The number of anilines is 2. The molecule has 1 amide bonds. The molecule has 1 heterocycles. The predicted molar refractivity (Wildman–Crippen MR) is 128 cm³/mol. The maximum Gasteiger partial charge on any atom is 0.427 e. The third kappa shape index (κ3) is 6.89. The minimum atomic E-state index is -5.07. The lowest BCUT2D eigenvalue weighted by Gasteiger charge is -2.36. The van der Waals surface area contributed by atoms with Crippen LogP contribution in [0, 0.1) is 5.82 Å². The van der Waals surface area contributed by atoms with Crippen LogP contribution in [0.4, 0.5) is 46.9 Å². The van der Waals surface area contributed by atoms with E-state index in [1.54, 1.807) is 0 Å². The molecule has 1 aliphatic rings. The number of halogens is 7. The van der Waals surface area contributed by atoms with Crippen LogP contribution in [0.2, 0.25) is 0 Å². The zero-order chi connectivity index (χ0) is 30.3.